The molecule has 3 atom stereocenters. The summed E-state index contributed by atoms with van der Waals surface area (Å²) in [6, 6.07) is 20.3. The van der Waals surface area contributed by atoms with Crippen molar-refractivity contribution in [2.45, 2.75) is 46.0 Å². The van der Waals surface area contributed by atoms with Crippen LogP contribution in [0.1, 0.15) is 51.5 Å². The topological polar surface area (TPSA) is 39.1 Å². The number of rotatable bonds is 8. The van der Waals surface area contributed by atoms with Gasteiger partial charge >= 0.3 is 0 Å². The summed E-state index contributed by atoms with van der Waals surface area (Å²) in [5.74, 6) is 1.42. The Bertz CT molecular complexity index is 962. The van der Waals surface area contributed by atoms with Gasteiger partial charge in [-0.25, -0.2) is 0 Å². The van der Waals surface area contributed by atoms with Crippen LogP contribution in [0.4, 0.5) is 5.69 Å². The first-order valence-electron chi connectivity index (χ1n) is 11.8. The molecular weight excluding hydrogens is 378 g/mol. The lowest BCUT2D eigenvalue weighted by molar-refractivity contribution is 0.549. The van der Waals surface area contributed by atoms with Gasteiger partial charge in [0, 0.05) is 23.8 Å². The Hall–Kier alpha value is -2.57. The first-order chi connectivity index (χ1) is 15.0. The molecule has 2 aromatic rings. The van der Waals surface area contributed by atoms with Crippen molar-refractivity contribution in [3.63, 3.8) is 0 Å². The molecule has 0 aromatic heterocycles. The number of nitrogens with zero attached hydrogens (tertiary/aromatic N) is 2. The molecule has 4 rings (SSSR count). The van der Waals surface area contributed by atoms with Crippen molar-refractivity contribution in [2.75, 3.05) is 24.5 Å². The van der Waals surface area contributed by atoms with Gasteiger partial charge in [-0.3, -0.25) is 0 Å². The van der Waals surface area contributed by atoms with E-state index in [9.17, 15) is 5.26 Å². The fourth-order valence-corrected chi connectivity index (χ4v) is 4.95. The van der Waals surface area contributed by atoms with E-state index in [0.717, 1.165) is 38.2 Å². The molecule has 1 heterocycles. The number of nitriles is 1. The highest BCUT2D eigenvalue weighted by Crippen LogP contribution is 2.59. The SMILES string of the molecule is C=C(C1CC1(C#N)CC)N(CC1CCNC1)c1cccc(-c2ccc(C(C)C)cc2)c1. The maximum atomic E-state index is 9.75. The highest BCUT2D eigenvalue weighted by molar-refractivity contribution is 5.70. The maximum Gasteiger partial charge on any atom is 0.0696 e. The van der Waals surface area contributed by atoms with Gasteiger partial charge in [-0.1, -0.05) is 63.7 Å². The van der Waals surface area contributed by atoms with Crippen LogP contribution in [0, 0.1) is 28.6 Å². The summed E-state index contributed by atoms with van der Waals surface area (Å²) in [6.07, 6.45) is 3.03. The largest absolute Gasteiger partial charge is 0.345 e. The minimum atomic E-state index is -0.215. The fourth-order valence-electron chi connectivity index (χ4n) is 4.95. The number of nitrogens with one attached hydrogen (secondary N) is 1. The van der Waals surface area contributed by atoms with E-state index in [2.05, 4.69) is 92.2 Å². The van der Waals surface area contributed by atoms with Crippen LogP contribution in [0.15, 0.2) is 60.8 Å². The van der Waals surface area contributed by atoms with Crippen LogP contribution < -0.4 is 10.2 Å². The van der Waals surface area contributed by atoms with Gasteiger partial charge in [0.25, 0.3) is 0 Å². The molecule has 2 aliphatic rings. The molecule has 3 heteroatoms. The summed E-state index contributed by atoms with van der Waals surface area (Å²) in [6.45, 7) is 14.2. The third kappa shape index (κ3) is 4.41. The standard InChI is InChI=1S/C28H35N3/c1-5-28(19-29)16-27(28)21(4)31(18-22-13-14-30-17-22)26-8-6-7-25(15-26)24-11-9-23(10-12-24)20(2)3/h6-12,15,20,22,27,30H,4-5,13-14,16-18H2,1-3H3. The predicted molar refractivity (Wildman–Crippen MR) is 130 cm³/mol. The first-order valence-corrected chi connectivity index (χ1v) is 11.8. The second-order valence-corrected chi connectivity index (χ2v) is 9.67. The number of hydrogen-bond donors (Lipinski definition) is 1. The lowest BCUT2D eigenvalue weighted by Gasteiger charge is -2.31. The van der Waals surface area contributed by atoms with E-state index in [0.29, 0.717) is 11.8 Å². The molecule has 2 fully saturated rings. The minimum absolute atomic E-state index is 0.215. The second kappa shape index (κ2) is 8.89. The summed E-state index contributed by atoms with van der Waals surface area (Å²) >= 11 is 0. The first kappa shape index (κ1) is 21.7. The monoisotopic (exact) mass is 413 g/mol. The number of benzene rings is 2. The molecule has 1 aliphatic carbocycles. The van der Waals surface area contributed by atoms with Crippen LogP contribution in [0.2, 0.25) is 0 Å². The summed E-state index contributed by atoms with van der Waals surface area (Å²) in [5, 5.41) is 13.2. The van der Waals surface area contributed by atoms with Crippen LogP contribution in [-0.4, -0.2) is 19.6 Å². The molecular formula is C28H35N3. The Balaban J connectivity index is 1.63. The van der Waals surface area contributed by atoms with Crippen LogP contribution >= 0.6 is 0 Å². The van der Waals surface area contributed by atoms with E-state index in [4.69, 9.17) is 0 Å². The Labute approximate surface area is 187 Å². The van der Waals surface area contributed by atoms with E-state index in [1.165, 1.54) is 28.8 Å². The van der Waals surface area contributed by atoms with Gasteiger partial charge in [0.05, 0.1) is 11.5 Å². The van der Waals surface area contributed by atoms with Gasteiger partial charge in [0.1, 0.15) is 0 Å². The zero-order chi connectivity index (χ0) is 22.0. The summed E-state index contributed by atoms with van der Waals surface area (Å²) < 4.78 is 0. The van der Waals surface area contributed by atoms with E-state index in [-0.39, 0.29) is 11.3 Å². The molecule has 1 saturated heterocycles. The van der Waals surface area contributed by atoms with Gasteiger partial charge in [0.15, 0.2) is 0 Å². The molecule has 1 aliphatic heterocycles. The minimum Gasteiger partial charge on any atom is -0.345 e. The van der Waals surface area contributed by atoms with Gasteiger partial charge in [-0.15, -0.1) is 0 Å². The van der Waals surface area contributed by atoms with E-state index >= 15 is 0 Å². The lowest BCUT2D eigenvalue weighted by Crippen LogP contribution is -2.31. The smallest absolute Gasteiger partial charge is 0.0696 e. The molecule has 31 heavy (non-hydrogen) atoms. The number of hydrogen-bond acceptors (Lipinski definition) is 3. The molecule has 1 N–H and O–H groups in total. The summed E-state index contributed by atoms with van der Waals surface area (Å²) in [5.41, 5.74) is 5.93. The second-order valence-electron chi connectivity index (χ2n) is 9.67. The van der Waals surface area contributed by atoms with Gasteiger partial charge in [0.2, 0.25) is 0 Å². The third-order valence-electron chi connectivity index (χ3n) is 7.35. The predicted octanol–water partition coefficient (Wildman–Crippen LogP) is 6.35. The lowest BCUT2D eigenvalue weighted by atomic mass is 9.97. The Morgan fingerprint density at radius 2 is 2.00 bits per heavy atom. The van der Waals surface area contributed by atoms with Crippen molar-refractivity contribution in [3.05, 3.63) is 66.4 Å². The highest BCUT2D eigenvalue weighted by Gasteiger charge is 2.56. The molecule has 1 saturated carbocycles. The van der Waals surface area contributed by atoms with Crippen molar-refractivity contribution >= 4 is 5.69 Å². The summed E-state index contributed by atoms with van der Waals surface area (Å²) in [4.78, 5) is 2.41. The Morgan fingerprint density at radius 1 is 1.23 bits per heavy atom. The van der Waals surface area contributed by atoms with Crippen molar-refractivity contribution in [2.24, 2.45) is 17.3 Å². The Kier molecular flexibility index (Phi) is 6.21. The molecule has 0 bridgehead atoms. The van der Waals surface area contributed by atoms with Crippen molar-refractivity contribution in [1.82, 2.24) is 5.32 Å². The van der Waals surface area contributed by atoms with E-state index < -0.39 is 0 Å². The molecule has 3 unspecified atom stereocenters. The molecule has 0 radical (unpaired) electrons. The average Bonchev–Trinajstić information content (AvgIpc) is 3.32. The zero-order valence-corrected chi connectivity index (χ0v) is 19.2. The summed E-state index contributed by atoms with van der Waals surface area (Å²) in [7, 11) is 0. The van der Waals surface area contributed by atoms with E-state index in [1.807, 2.05) is 0 Å². The molecule has 162 valence electrons. The van der Waals surface area contributed by atoms with Crippen LogP contribution in [0.25, 0.3) is 11.1 Å². The number of anilines is 1. The zero-order valence-electron chi connectivity index (χ0n) is 19.2. The van der Waals surface area contributed by atoms with Crippen LogP contribution in [0.5, 0.6) is 0 Å². The van der Waals surface area contributed by atoms with Gasteiger partial charge < -0.3 is 10.2 Å². The highest BCUT2D eigenvalue weighted by atomic mass is 15.2. The molecule has 3 nitrogen and oxygen atoms in total. The normalized spacial score (nSPS) is 24.7. The fraction of sp³-hybridized carbons (Fsp3) is 0.464. The number of allylic oxidation sites excluding steroid dienone is 1. The molecule has 2 aromatic carbocycles. The van der Waals surface area contributed by atoms with Crippen molar-refractivity contribution < 1.29 is 0 Å². The maximum absolute atomic E-state index is 9.75. The van der Waals surface area contributed by atoms with Crippen molar-refractivity contribution in [3.8, 4) is 17.2 Å². The van der Waals surface area contributed by atoms with Crippen LogP contribution in [0.3, 0.4) is 0 Å². The van der Waals surface area contributed by atoms with Crippen molar-refractivity contribution in [1.29, 1.82) is 5.26 Å². The Morgan fingerprint density at radius 3 is 2.58 bits per heavy atom. The quantitative estimate of drug-likeness (QED) is 0.548. The molecule has 0 spiro atoms. The molecule has 0 amide bonds. The van der Waals surface area contributed by atoms with Crippen LogP contribution in [-0.2, 0) is 0 Å². The average molecular weight is 414 g/mol. The van der Waals surface area contributed by atoms with Gasteiger partial charge in [-0.2, -0.15) is 5.26 Å². The third-order valence-corrected chi connectivity index (χ3v) is 7.35. The van der Waals surface area contributed by atoms with Gasteiger partial charge in [-0.05, 0) is 73.0 Å². The van der Waals surface area contributed by atoms with E-state index in [1.54, 1.807) is 0 Å².